The van der Waals surface area contributed by atoms with Gasteiger partial charge in [-0.3, -0.25) is 5.32 Å². The Balaban J connectivity index is 1.71. The maximum atomic E-state index is 11.5. The summed E-state index contributed by atoms with van der Waals surface area (Å²) in [5.41, 5.74) is 0.546. The third-order valence-electron chi connectivity index (χ3n) is 3.90. The molecule has 6 heteroatoms. The van der Waals surface area contributed by atoms with Crippen LogP contribution in [0, 0.1) is 5.92 Å². The molecule has 1 aliphatic rings. The van der Waals surface area contributed by atoms with Gasteiger partial charge in [-0.25, -0.2) is 14.8 Å². The van der Waals surface area contributed by atoms with Crippen LogP contribution in [0.15, 0.2) is 12.4 Å². The van der Waals surface area contributed by atoms with E-state index >= 15 is 0 Å². The number of hydrogen-bond donors (Lipinski definition) is 2. The van der Waals surface area contributed by atoms with Crippen molar-refractivity contribution in [1.82, 2.24) is 9.97 Å². The summed E-state index contributed by atoms with van der Waals surface area (Å²) >= 11 is 0. The van der Waals surface area contributed by atoms with Gasteiger partial charge in [0.15, 0.2) is 0 Å². The second kappa shape index (κ2) is 9.23. The average Bonchev–Trinajstić information content (AvgIpc) is 2.55. The van der Waals surface area contributed by atoms with E-state index in [0.29, 0.717) is 18.2 Å². The van der Waals surface area contributed by atoms with Gasteiger partial charge in [0.2, 0.25) is 5.95 Å². The van der Waals surface area contributed by atoms with E-state index < -0.39 is 6.09 Å². The normalized spacial score (nSPS) is 15.3. The highest BCUT2D eigenvalue weighted by molar-refractivity contribution is 5.84. The van der Waals surface area contributed by atoms with Crippen LogP contribution in [0.1, 0.15) is 51.9 Å². The van der Waals surface area contributed by atoms with Gasteiger partial charge in [-0.05, 0) is 25.2 Å². The van der Waals surface area contributed by atoms with Crippen LogP contribution in [0.5, 0.6) is 0 Å². The van der Waals surface area contributed by atoms with Gasteiger partial charge in [-0.1, -0.05) is 32.6 Å². The molecule has 6 nitrogen and oxygen atoms in total. The minimum atomic E-state index is -0.458. The fourth-order valence-corrected chi connectivity index (χ4v) is 2.57. The van der Waals surface area contributed by atoms with Gasteiger partial charge in [-0.2, -0.15) is 0 Å². The summed E-state index contributed by atoms with van der Waals surface area (Å²) in [4.78, 5) is 19.9. The summed E-state index contributed by atoms with van der Waals surface area (Å²) in [6.45, 7) is 3.41. The molecule has 1 heterocycles. The minimum absolute atomic E-state index is 0.435. The van der Waals surface area contributed by atoms with Crippen molar-refractivity contribution in [1.29, 1.82) is 0 Å². The Bertz CT molecular complexity index is 444. The minimum Gasteiger partial charge on any atom is -0.449 e. The highest BCUT2D eigenvalue weighted by Crippen LogP contribution is 2.23. The van der Waals surface area contributed by atoms with Crippen LogP contribution >= 0.6 is 0 Å². The molecule has 0 unspecified atom stereocenters. The highest BCUT2D eigenvalue weighted by atomic mass is 16.5. The first-order chi connectivity index (χ1) is 10.8. The number of unbranched alkanes of at least 4 members (excludes halogenated alkanes) is 1. The Morgan fingerprint density at radius 2 is 2.00 bits per heavy atom. The lowest BCUT2D eigenvalue weighted by atomic mass is 9.89. The van der Waals surface area contributed by atoms with Crippen LogP contribution in [0.4, 0.5) is 16.4 Å². The lowest BCUT2D eigenvalue weighted by molar-refractivity contribution is 0.160. The van der Waals surface area contributed by atoms with Crippen molar-refractivity contribution in [3.8, 4) is 0 Å². The Hall–Kier alpha value is -1.85. The van der Waals surface area contributed by atoms with E-state index in [1.165, 1.54) is 32.1 Å². The third kappa shape index (κ3) is 5.87. The zero-order chi connectivity index (χ0) is 15.6. The van der Waals surface area contributed by atoms with Crippen molar-refractivity contribution >= 4 is 17.7 Å². The number of nitrogens with zero attached hydrogens (tertiary/aromatic N) is 2. The fourth-order valence-electron chi connectivity index (χ4n) is 2.57. The van der Waals surface area contributed by atoms with Gasteiger partial charge in [0.1, 0.15) is 0 Å². The molecular weight excluding hydrogens is 280 g/mol. The van der Waals surface area contributed by atoms with Crippen molar-refractivity contribution in [2.24, 2.45) is 5.92 Å². The predicted octanol–water partition coefficient (Wildman–Crippen LogP) is 3.82. The number of anilines is 2. The van der Waals surface area contributed by atoms with Crippen molar-refractivity contribution in [3.05, 3.63) is 12.4 Å². The van der Waals surface area contributed by atoms with E-state index in [2.05, 4.69) is 20.6 Å². The molecule has 122 valence electrons. The van der Waals surface area contributed by atoms with Gasteiger partial charge in [0.25, 0.3) is 0 Å². The number of amides is 1. The van der Waals surface area contributed by atoms with E-state index in [9.17, 15) is 4.79 Å². The summed E-state index contributed by atoms with van der Waals surface area (Å²) in [5, 5.41) is 5.89. The van der Waals surface area contributed by atoms with Gasteiger partial charge in [-0.15, -0.1) is 0 Å². The SMILES string of the molecule is CCCCOC(=O)Nc1cnc(NCC2CCCCC2)nc1. The molecular formula is C16H26N4O2. The molecule has 1 aliphatic carbocycles. The van der Waals surface area contributed by atoms with Crippen LogP contribution in [0.2, 0.25) is 0 Å². The number of nitrogens with one attached hydrogen (secondary N) is 2. The lowest BCUT2D eigenvalue weighted by Crippen LogP contribution is -2.18. The Morgan fingerprint density at radius 1 is 1.27 bits per heavy atom. The molecule has 1 saturated carbocycles. The van der Waals surface area contributed by atoms with Crippen molar-refractivity contribution in [2.75, 3.05) is 23.8 Å². The molecule has 2 N–H and O–H groups in total. The molecule has 1 fully saturated rings. The molecule has 0 atom stereocenters. The Kier molecular flexibility index (Phi) is 6.93. The molecule has 0 saturated heterocycles. The monoisotopic (exact) mass is 306 g/mol. The lowest BCUT2D eigenvalue weighted by Gasteiger charge is -2.21. The number of rotatable bonds is 7. The van der Waals surface area contributed by atoms with Crippen molar-refractivity contribution < 1.29 is 9.53 Å². The molecule has 22 heavy (non-hydrogen) atoms. The summed E-state index contributed by atoms with van der Waals surface area (Å²) in [5.74, 6) is 1.33. The number of aromatic nitrogens is 2. The van der Waals surface area contributed by atoms with Gasteiger partial charge >= 0.3 is 6.09 Å². The van der Waals surface area contributed by atoms with Gasteiger partial charge in [0, 0.05) is 6.54 Å². The van der Waals surface area contributed by atoms with E-state index in [1.807, 2.05) is 6.92 Å². The molecule has 1 amide bonds. The van der Waals surface area contributed by atoms with Crippen LogP contribution in [0.3, 0.4) is 0 Å². The topological polar surface area (TPSA) is 76.1 Å². The molecule has 0 spiro atoms. The number of carbonyl (C=O) groups is 1. The number of ether oxygens (including phenoxy) is 1. The molecule has 0 aliphatic heterocycles. The smallest absolute Gasteiger partial charge is 0.411 e. The quantitative estimate of drug-likeness (QED) is 0.749. The van der Waals surface area contributed by atoms with Crippen LogP contribution in [0.25, 0.3) is 0 Å². The van der Waals surface area contributed by atoms with Crippen LogP contribution in [-0.4, -0.2) is 29.2 Å². The molecule has 1 aromatic heterocycles. The van der Waals surface area contributed by atoms with Crippen molar-refractivity contribution in [2.45, 2.75) is 51.9 Å². The van der Waals surface area contributed by atoms with Crippen LogP contribution < -0.4 is 10.6 Å². The summed E-state index contributed by atoms with van der Waals surface area (Å²) in [7, 11) is 0. The van der Waals surface area contributed by atoms with Crippen molar-refractivity contribution in [3.63, 3.8) is 0 Å². The summed E-state index contributed by atoms with van der Waals surface area (Å²) in [6, 6.07) is 0. The standard InChI is InChI=1S/C16H26N4O2/c1-2-3-9-22-16(21)20-14-11-18-15(19-12-14)17-10-13-7-5-4-6-8-13/h11-13H,2-10H2,1H3,(H,20,21)(H,17,18,19). The molecule has 0 aromatic carbocycles. The second-order valence-corrected chi connectivity index (χ2v) is 5.79. The largest absolute Gasteiger partial charge is 0.449 e. The first kappa shape index (κ1) is 16.5. The maximum Gasteiger partial charge on any atom is 0.411 e. The van der Waals surface area contributed by atoms with E-state index in [1.54, 1.807) is 12.4 Å². The number of carbonyl (C=O) groups excluding carboxylic acids is 1. The van der Waals surface area contributed by atoms with Crippen LogP contribution in [-0.2, 0) is 4.74 Å². The third-order valence-corrected chi connectivity index (χ3v) is 3.90. The van der Waals surface area contributed by atoms with E-state index in [4.69, 9.17) is 4.74 Å². The number of hydrogen-bond acceptors (Lipinski definition) is 5. The zero-order valence-corrected chi connectivity index (χ0v) is 13.3. The highest BCUT2D eigenvalue weighted by Gasteiger charge is 2.13. The Morgan fingerprint density at radius 3 is 2.68 bits per heavy atom. The second-order valence-electron chi connectivity index (χ2n) is 5.79. The van der Waals surface area contributed by atoms with Gasteiger partial charge in [0.05, 0.1) is 24.7 Å². The zero-order valence-electron chi connectivity index (χ0n) is 13.3. The Labute approximate surface area is 132 Å². The van der Waals surface area contributed by atoms with E-state index in [-0.39, 0.29) is 0 Å². The summed E-state index contributed by atoms with van der Waals surface area (Å²) in [6.07, 6.45) is 11.2. The van der Waals surface area contributed by atoms with Gasteiger partial charge < -0.3 is 10.1 Å². The predicted molar refractivity (Wildman–Crippen MR) is 87.0 cm³/mol. The molecule has 2 rings (SSSR count). The summed E-state index contributed by atoms with van der Waals surface area (Å²) < 4.78 is 5.02. The average molecular weight is 306 g/mol. The van der Waals surface area contributed by atoms with E-state index in [0.717, 1.165) is 25.3 Å². The first-order valence-electron chi connectivity index (χ1n) is 8.27. The molecule has 0 radical (unpaired) electrons. The molecule has 0 bridgehead atoms. The fraction of sp³-hybridized carbons (Fsp3) is 0.688. The first-order valence-corrected chi connectivity index (χ1v) is 8.27. The maximum absolute atomic E-state index is 11.5. The molecule has 1 aromatic rings.